The molecule has 2 aromatic carbocycles. The van der Waals surface area contributed by atoms with Crippen LogP contribution < -0.4 is 10.1 Å². The number of ether oxygens (including phenoxy) is 1. The van der Waals surface area contributed by atoms with E-state index in [0.717, 1.165) is 11.3 Å². The molecule has 0 bridgehead atoms. The maximum atomic E-state index is 12.4. The zero-order chi connectivity index (χ0) is 17.2. The maximum absolute atomic E-state index is 12.4. The Morgan fingerprint density at radius 3 is 2.80 bits per heavy atom. The summed E-state index contributed by atoms with van der Waals surface area (Å²) >= 11 is 5.99. The lowest BCUT2D eigenvalue weighted by Gasteiger charge is -2.18. The lowest BCUT2D eigenvalue weighted by atomic mass is 10.1. The molecule has 1 amide bonds. The molecule has 0 fully saturated rings. The van der Waals surface area contributed by atoms with Crippen molar-refractivity contribution < 1.29 is 9.53 Å². The third kappa shape index (κ3) is 3.22. The number of rotatable bonds is 3. The van der Waals surface area contributed by atoms with Gasteiger partial charge in [-0.15, -0.1) is 5.10 Å². The molecule has 2 heterocycles. The Bertz CT molecular complexity index is 952. The molecule has 0 aliphatic carbocycles. The second-order valence-electron chi connectivity index (χ2n) is 5.40. The highest BCUT2D eigenvalue weighted by atomic mass is 35.5. The van der Waals surface area contributed by atoms with E-state index in [9.17, 15) is 4.79 Å². The molecule has 124 valence electrons. The van der Waals surface area contributed by atoms with E-state index in [-0.39, 0.29) is 12.5 Å². The zero-order valence-electron chi connectivity index (χ0n) is 12.9. The van der Waals surface area contributed by atoms with E-state index in [1.807, 2.05) is 12.1 Å². The number of carbonyl (C=O) groups excluding carboxylic acids is 1. The highest BCUT2D eigenvalue weighted by molar-refractivity contribution is 6.30. The number of nitrogens with zero attached hydrogens (tertiary/aromatic N) is 4. The van der Waals surface area contributed by atoms with Gasteiger partial charge in [0, 0.05) is 16.3 Å². The van der Waals surface area contributed by atoms with Gasteiger partial charge in [-0.2, -0.15) is 0 Å². The van der Waals surface area contributed by atoms with Gasteiger partial charge in [0.05, 0.1) is 11.3 Å². The Morgan fingerprint density at radius 1 is 1.20 bits per heavy atom. The number of carbonyl (C=O) groups is 1. The van der Waals surface area contributed by atoms with Crippen LogP contribution in [0.25, 0.3) is 11.8 Å². The maximum Gasteiger partial charge on any atom is 0.255 e. The van der Waals surface area contributed by atoms with E-state index in [0.29, 0.717) is 22.0 Å². The number of benzene rings is 2. The van der Waals surface area contributed by atoms with Crippen LogP contribution in [0, 0.1) is 0 Å². The molecule has 0 spiro atoms. The quantitative estimate of drug-likeness (QED) is 0.783. The molecule has 0 atom stereocenters. The summed E-state index contributed by atoms with van der Waals surface area (Å²) in [6.45, 7) is 0.211. The molecule has 0 radical (unpaired) electrons. The Labute approximate surface area is 147 Å². The van der Waals surface area contributed by atoms with Crippen molar-refractivity contribution in [3.63, 3.8) is 0 Å². The van der Waals surface area contributed by atoms with Gasteiger partial charge in [-0.05, 0) is 59.0 Å². The second kappa shape index (κ2) is 6.37. The first-order chi connectivity index (χ1) is 12.2. The molecule has 1 N–H and O–H groups in total. The first kappa shape index (κ1) is 15.3. The lowest BCUT2D eigenvalue weighted by Crippen LogP contribution is -2.21. The summed E-state index contributed by atoms with van der Waals surface area (Å²) < 4.78 is 7.14. The van der Waals surface area contributed by atoms with Crippen LogP contribution in [-0.2, 0) is 4.79 Å². The van der Waals surface area contributed by atoms with Gasteiger partial charge in [0.1, 0.15) is 18.7 Å². The van der Waals surface area contributed by atoms with Crippen LogP contribution in [0.2, 0.25) is 5.02 Å². The molecular weight excluding hydrogens is 342 g/mol. The van der Waals surface area contributed by atoms with Gasteiger partial charge in [0.25, 0.3) is 5.91 Å². The molecule has 3 aromatic rings. The summed E-state index contributed by atoms with van der Waals surface area (Å²) in [5, 5.41) is 14.4. The van der Waals surface area contributed by atoms with Crippen LogP contribution in [0.3, 0.4) is 0 Å². The Balaban J connectivity index is 1.50. The van der Waals surface area contributed by atoms with Gasteiger partial charge in [-0.1, -0.05) is 11.6 Å². The van der Waals surface area contributed by atoms with Crippen LogP contribution >= 0.6 is 11.6 Å². The van der Waals surface area contributed by atoms with Crippen LogP contribution in [-0.4, -0.2) is 32.7 Å². The Hall–Kier alpha value is -3.19. The van der Waals surface area contributed by atoms with E-state index in [1.165, 1.54) is 11.0 Å². The average Bonchev–Trinajstić information content (AvgIpc) is 3.16. The second-order valence-corrected chi connectivity index (χ2v) is 5.83. The fourth-order valence-corrected chi connectivity index (χ4v) is 2.65. The normalized spacial score (nSPS) is 12.8. The van der Waals surface area contributed by atoms with Crippen LogP contribution in [0.5, 0.6) is 5.75 Å². The van der Waals surface area contributed by atoms with E-state index >= 15 is 0 Å². The highest BCUT2D eigenvalue weighted by Crippen LogP contribution is 2.29. The minimum atomic E-state index is -0.221. The molecular formula is C17H12ClN5O2. The molecule has 7 nitrogen and oxygen atoms in total. The predicted octanol–water partition coefficient (Wildman–Crippen LogP) is 2.73. The van der Waals surface area contributed by atoms with Crippen LogP contribution in [0.15, 0.2) is 54.4 Å². The van der Waals surface area contributed by atoms with Gasteiger partial charge >= 0.3 is 0 Å². The lowest BCUT2D eigenvalue weighted by molar-refractivity contribution is -0.113. The average molecular weight is 354 g/mol. The smallest absolute Gasteiger partial charge is 0.255 e. The fourth-order valence-electron chi connectivity index (χ4n) is 2.47. The largest absolute Gasteiger partial charge is 0.488 e. The first-order valence-corrected chi connectivity index (χ1v) is 7.84. The van der Waals surface area contributed by atoms with Crippen LogP contribution in [0.1, 0.15) is 5.56 Å². The van der Waals surface area contributed by atoms with Gasteiger partial charge in [0.2, 0.25) is 0 Å². The summed E-state index contributed by atoms with van der Waals surface area (Å²) in [4.78, 5) is 12.4. The van der Waals surface area contributed by atoms with Crippen molar-refractivity contribution in [1.82, 2.24) is 20.2 Å². The first-order valence-electron chi connectivity index (χ1n) is 7.47. The molecule has 0 unspecified atom stereocenters. The van der Waals surface area contributed by atoms with E-state index in [1.54, 1.807) is 36.4 Å². The van der Waals surface area contributed by atoms with Gasteiger partial charge in [-0.25, -0.2) is 4.68 Å². The Kier molecular flexibility index (Phi) is 3.91. The number of amides is 1. The van der Waals surface area contributed by atoms with Crippen molar-refractivity contribution in [1.29, 1.82) is 0 Å². The number of tetrazole rings is 1. The summed E-state index contributed by atoms with van der Waals surface area (Å²) in [6, 6.07) is 12.5. The Morgan fingerprint density at radius 2 is 2.04 bits per heavy atom. The topological polar surface area (TPSA) is 81.9 Å². The number of hydrogen-bond acceptors (Lipinski definition) is 5. The number of hydrogen-bond donors (Lipinski definition) is 1. The minimum Gasteiger partial charge on any atom is -0.488 e. The van der Waals surface area contributed by atoms with Crippen LogP contribution in [0.4, 0.5) is 5.69 Å². The number of aromatic nitrogens is 4. The number of fused-ring (bicyclic) bond motifs is 1. The summed E-state index contributed by atoms with van der Waals surface area (Å²) in [5.74, 6) is 0.493. The summed E-state index contributed by atoms with van der Waals surface area (Å²) in [7, 11) is 0. The molecule has 0 saturated carbocycles. The van der Waals surface area contributed by atoms with Crippen molar-refractivity contribution in [2.75, 3.05) is 11.9 Å². The fraction of sp³-hybridized carbons (Fsp3) is 0.0588. The molecule has 8 heteroatoms. The van der Waals surface area contributed by atoms with Crippen molar-refractivity contribution >= 4 is 29.3 Å². The highest BCUT2D eigenvalue weighted by Gasteiger charge is 2.17. The molecule has 4 rings (SSSR count). The molecule has 1 aliphatic heterocycles. The standard InChI is InChI=1S/C17H12ClN5O2/c18-13-1-6-16-11(8-13)7-12(9-25-16)17(24)20-14-2-4-15(5-3-14)23-10-19-21-22-23/h1-8,10H,9H2,(H,20,24). The number of anilines is 1. The summed E-state index contributed by atoms with van der Waals surface area (Å²) in [6.07, 6.45) is 3.29. The van der Waals surface area contributed by atoms with Crippen molar-refractivity contribution in [2.45, 2.75) is 0 Å². The van der Waals surface area contributed by atoms with Crippen molar-refractivity contribution in [2.24, 2.45) is 0 Å². The minimum absolute atomic E-state index is 0.211. The third-order valence-electron chi connectivity index (χ3n) is 3.72. The molecule has 0 saturated heterocycles. The summed E-state index contributed by atoms with van der Waals surface area (Å²) in [5.41, 5.74) is 2.78. The predicted molar refractivity (Wildman–Crippen MR) is 92.7 cm³/mol. The molecule has 25 heavy (non-hydrogen) atoms. The van der Waals surface area contributed by atoms with Crippen molar-refractivity contribution in [3.8, 4) is 11.4 Å². The zero-order valence-corrected chi connectivity index (χ0v) is 13.6. The van der Waals surface area contributed by atoms with Gasteiger partial charge in [-0.3, -0.25) is 4.79 Å². The monoisotopic (exact) mass is 353 g/mol. The SMILES string of the molecule is O=C(Nc1ccc(-n2cnnn2)cc1)C1=Cc2cc(Cl)ccc2OC1. The molecule has 1 aromatic heterocycles. The van der Waals surface area contributed by atoms with Gasteiger partial charge < -0.3 is 10.1 Å². The van der Waals surface area contributed by atoms with E-state index in [2.05, 4.69) is 20.8 Å². The van der Waals surface area contributed by atoms with E-state index < -0.39 is 0 Å². The van der Waals surface area contributed by atoms with E-state index in [4.69, 9.17) is 16.3 Å². The van der Waals surface area contributed by atoms with Gasteiger partial charge in [0.15, 0.2) is 0 Å². The number of halogens is 1. The number of nitrogens with one attached hydrogen (secondary N) is 1. The van der Waals surface area contributed by atoms with Crippen molar-refractivity contribution in [3.05, 3.63) is 65.0 Å². The third-order valence-corrected chi connectivity index (χ3v) is 3.95. The molecule has 1 aliphatic rings.